The molecule has 3 aromatic rings. The van der Waals surface area contributed by atoms with Crippen molar-refractivity contribution in [2.24, 2.45) is 0 Å². The lowest BCUT2D eigenvalue weighted by Gasteiger charge is -2.13. The van der Waals surface area contributed by atoms with Gasteiger partial charge in [0.25, 0.3) is 5.91 Å². The number of amides is 1. The highest BCUT2D eigenvalue weighted by molar-refractivity contribution is 5.95. The van der Waals surface area contributed by atoms with Crippen LogP contribution in [0.5, 0.6) is 0 Å². The van der Waals surface area contributed by atoms with Crippen molar-refractivity contribution in [3.05, 3.63) is 64.8 Å². The maximum absolute atomic E-state index is 13.7. The Morgan fingerprint density at radius 3 is 2.59 bits per heavy atom. The number of rotatable bonds is 5. The number of aryl methyl sites for hydroxylation is 2. The molecule has 0 spiro atoms. The van der Waals surface area contributed by atoms with Gasteiger partial charge in [0, 0.05) is 30.9 Å². The number of hydrogen-bond acceptors (Lipinski definition) is 5. The van der Waals surface area contributed by atoms with E-state index in [1.807, 2.05) is 19.1 Å². The third-order valence-corrected chi connectivity index (χ3v) is 4.20. The Kier molecular flexibility index (Phi) is 5.21. The van der Waals surface area contributed by atoms with Crippen molar-refractivity contribution in [2.75, 3.05) is 19.4 Å². The van der Waals surface area contributed by atoms with E-state index < -0.39 is 0 Å². The molecular weight excluding hydrogens is 347 g/mol. The van der Waals surface area contributed by atoms with Gasteiger partial charge in [-0.15, -0.1) is 0 Å². The Hall–Kier alpha value is -3.22. The zero-order valence-corrected chi connectivity index (χ0v) is 15.7. The molecular formula is C20H21FN4O2. The number of nitrogens with zero attached hydrogens (tertiary/aromatic N) is 3. The molecule has 0 aliphatic carbocycles. The first-order chi connectivity index (χ1) is 12.8. The summed E-state index contributed by atoms with van der Waals surface area (Å²) in [5.74, 6) is 0.386. The Balaban J connectivity index is 1.69. The van der Waals surface area contributed by atoms with E-state index in [1.54, 1.807) is 44.1 Å². The number of carbonyl (C=O) groups excluding carboxylic acids is 1. The van der Waals surface area contributed by atoms with E-state index in [0.717, 1.165) is 11.3 Å². The number of halogens is 1. The minimum absolute atomic E-state index is 0.0362. The first-order valence-electron chi connectivity index (χ1n) is 8.50. The van der Waals surface area contributed by atoms with Crippen LogP contribution in [0.25, 0.3) is 11.4 Å². The van der Waals surface area contributed by atoms with Gasteiger partial charge in [-0.2, -0.15) is 4.98 Å². The molecule has 7 heteroatoms. The van der Waals surface area contributed by atoms with Gasteiger partial charge in [-0.05, 0) is 49.2 Å². The van der Waals surface area contributed by atoms with Crippen molar-refractivity contribution in [1.82, 2.24) is 15.0 Å². The largest absolute Gasteiger partial charge is 0.376 e. The van der Waals surface area contributed by atoms with Crippen molar-refractivity contribution in [2.45, 2.75) is 20.4 Å². The fourth-order valence-electron chi connectivity index (χ4n) is 2.61. The van der Waals surface area contributed by atoms with E-state index in [2.05, 4.69) is 15.5 Å². The minimum atomic E-state index is -0.306. The maximum atomic E-state index is 13.7. The van der Waals surface area contributed by atoms with Crippen LogP contribution >= 0.6 is 0 Å². The summed E-state index contributed by atoms with van der Waals surface area (Å²) in [5.41, 5.74) is 3.50. The van der Waals surface area contributed by atoms with Gasteiger partial charge < -0.3 is 14.7 Å². The summed E-state index contributed by atoms with van der Waals surface area (Å²) in [7, 11) is 3.45. The van der Waals surface area contributed by atoms with Crippen LogP contribution < -0.4 is 5.32 Å². The number of nitrogens with one attached hydrogen (secondary N) is 1. The molecule has 1 amide bonds. The van der Waals surface area contributed by atoms with Gasteiger partial charge in [-0.3, -0.25) is 4.79 Å². The van der Waals surface area contributed by atoms with E-state index in [1.165, 1.54) is 6.07 Å². The molecule has 0 bridgehead atoms. The van der Waals surface area contributed by atoms with Crippen LogP contribution in [0.3, 0.4) is 0 Å². The van der Waals surface area contributed by atoms with E-state index in [9.17, 15) is 9.18 Å². The number of carbonyl (C=O) groups is 1. The highest BCUT2D eigenvalue weighted by Crippen LogP contribution is 2.20. The van der Waals surface area contributed by atoms with Crippen molar-refractivity contribution in [3.8, 4) is 11.4 Å². The molecule has 0 saturated heterocycles. The summed E-state index contributed by atoms with van der Waals surface area (Å²) in [6, 6.07) is 10.3. The maximum Gasteiger partial charge on any atom is 0.253 e. The summed E-state index contributed by atoms with van der Waals surface area (Å²) in [5, 5.41) is 7.09. The van der Waals surface area contributed by atoms with Gasteiger partial charge >= 0.3 is 0 Å². The molecule has 0 radical (unpaired) electrons. The number of hydrogen-bond donors (Lipinski definition) is 1. The van der Waals surface area contributed by atoms with Gasteiger partial charge in [0.05, 0.1) is 6.54 Å². The molecule has 140 valence electrons. The zero-order valence-electron chi connectivity index (χ0n) is 15.7. The van der Waals surface area contributed by atoms with Crippen molar-refractivity contribution in [3.63, 3.8) is 0 Å². The monoisotopic (exact) mass is 368 g/mol. The summed E-state index contributed by atoms with van der Waals surface area (Å²) in [4.78, 5) is 17.9. The van der Waals surface area contributed by atoms with Crippen LogP contribution in [-0.2, 0) is 6.54 Å². The Morgan fingerprint density at radius 2 is 1.93 bits per heavy atom. The molecule has 3 rings (SSSR count). The fraction of sp³-hybridized carbons (Fsp3) is 0.250. The third-order valence-electron chi connectivity index (χ3n) is 4.20. The van der Waals surface area contributed by atoms with Crippen LogP contribution in [0.2, 0.25) is 0 Å². The zero-order chi connectivity index (χ0) is 19.6. The smallest absolute Gasteiger partial charge is 0.253 e. The van der Waals surface area contributed by atoms with E-state index in [4.69, 9.17) is 4.52 Å². The molecule has 1 heterocycles. The van der Waals surface area contributed by atoms with Crippen LogP contribution in [0.15, 0.2) is 40.9 Å². The molecule has 1 N–H and O–H groups in total. The highest BCUT2D eigenvalue weighted by atomic mass is 19.1. The van der Waals surface area contributed by atoms with Gasteiger partial charge in [0.2, 0.25) is 11.7 Å². The summed E-state index contributed by atoms with van der Waals surface area (Å²) >= 11 is 0. The molecule has 0 fully saturated rings. The van der Waals surface area contributed by atoms with Gasteiger partial charge in [0.1, 0.15) is 5.82 Å². The molecule has 2 aromatic carbocycles. The Labute approximate surface area is 157 Å². The Bertz CT molecular complexity index is 982. The summed E-state index contributed by atoms with van der Waals surface area (Å²) in [6.07, 6.45) is 0. The number of aromatic nitrogens is 2. The first kappa shape index (κ1) is 18.6. The minimum Gasteiger partial charge on any atom is -0.376 e. The fourth-order valence-corrected chi connectivity index (χ4v) is 2.61. The predicted octanol–water partition coefficient (Wildman–Crippen LogP) is 3.81. The van der Waals surface area contributed by atoms with Gasteiger partial charge in [-0.1, -0.05) is 17.3 Å². The Morgan fingerprint density at radius 1 is 1.15 bits per heavy atom. The second-order valence-corrected chi connectivity index (χ2v) is 6.56. The van der Waals surface area contributed by atoms with Crippen molar-refractivity contribution < 1.29 is 13.7 Å². The van der Waals surface area contributed by atoms with Crippen LogP contribution in [0.4, 0.5) is 10.1 Å². The topological polar surface area (TPSA) is 71.3 Å². The van der Waals surface area contributed by atoms with Crippen LogP contribution in [-0.4, -0.2) is 35.0 Å². The average Bonchev–Trinajstić information content (AvgIpc) is 3.11. The van der Waals surface area contributed by atoms with Crippen molar-refractivity contribution in [1.29, 1.82) is 0 Å². The second kappa shape index (κ2) is 7.57. The summed E-state index contributed by atoms with van der Waals surface area (Å²) < 4.78 is 18.9. The molecule has 0 aliphatic rings. The molecule has 0 aliphatic heterocycles. The molecule has 27 heavy (non-hydrogen) atoms. The predicted molar refractivity (Wildman–Crippen MR) is 101 cm³/mol. The number of anilines is 1. The van der Waals surface area contributed by atoms with Crippen LogP contribution in [0, 0.1) is 19.7 Å². The molecule has 0 atom stereocenters. The SMILES string of the molecule is Cc1ccc(-c2noc(CNc3ccc(C(=O)N(C)C)c(C)c3)n2)cc1F. The summed E-state index contributed by atoms with van der Waals surface area (Å²) in [6.45, 7) is 3.91. The van der Waals surface area contributed by atoms with Gasteiger partial charge in [-0.25, -0.2) is 4.39 Å². The van der Waals surface area contributed by atoms with E-state index >= 15 is 0 Å². The molecule has 6 nitrogen and oxygen atoms in total. The van der Waals surface area contributed by atoms with Crippen molar-refractivity contribution >= 4 is 11.6 Å². The molecule has 0 saturated carbocycles. The standard InChI is InChI=1S/C20H21FN4O2/c1-12-5-6-14(10-17(12)21)19-23-18(27-24-19)11-22-15-7-8-16(13(2)9-15)20(26)25(3)4/h5-10,22H,11H2,1-4H3. The average molecular weight is 368 g/mol. The molecule has 1 aromatic heterocycles. The number of benzene rings is 2. The third kappa shape index (κ3) is 4.13. The lowest BCUT2D eigenvalue weighted by molar-refractivity contribution is 0.0827. The van der Waals surface area contributed by atoms with E-state index in [0.29, 0.717) is 35.0 Å². The van der Waals surface area contributed by atoms with E-state index in [-0.39, 0.29) is 11.7 Å². The normalized spacial score (nSPS) is 10.7. The second-order valence-electron chi connectivity index (χ2n) is 6.56. The van der Waals surface area contributed by atoms with Crippen LogP contribution in [0.1, 0.15) is 27.4 Å². The quantitative estimate of drug-likeness (QED) is 0.742. The molecule has 0 unspecified atom stereocenters. The lowest BCUT2D eigenvalue weighted by atomic mass is 10.1. The lowest BCUT2D eigenvalue weighted by Crippen LogP contribution is -2.22. The highest BCUT2D eigenvalue weighted by Gasteiger charge is 2.13. The van der Waals surface area contributed by atoms with Gasteiger partial charge in [0.15, 0.2) is 0 Å². The first-order valence-corrected chi connectivity index (χ1v) is 8.50.